The summed E-state index contributed by atoms with van der Waals surface area (Å²) in [5, 5.41) is 19.2. The van der Waals surface area contributed by atoms with Crippen LogP contribution in [0.5, 0.6) is 0 Å². The van der Waals surface area contributed by atoms with E-state index in [2.05, 4.69) is 0 Å². The lowest BCUT2D eigenvalue weighted by Gasteiger charge is -2.18. The molecule has 0 aliphatic carbocycles. The second-order valence-corrected chi connectivity index (χ2v) is 3.94. The van der Waals surface area contributed by atoms with Gasteiger partial charge in [-0.3, -0.25) is 0 Å². The molecule has 0 fully saturated rings. The van der Waals surface area contributed by atoms with Gasteiger partial charge in [0, 0.05) is 16.5 Å². The molecule has 0 saturated carbocycles. The largest absolute Gasteiger partial charge is 0.390 e. The Morgan fingerprint density at radius 2 is 2.00 bits per heavy atom. The van der Waals surface area contributed by atoms with Crippen LogP contribution in [0.15, 0.2) is 18.2 Å². The summed E-state index contributed by atoms with van der Waals surface area (Å²) >= 11 is 11.2. The number of hydrogen-bond donors (Lipinski definition) is 2. The molecular formula is C10H11Cl2FO2. The molecule has 2 unspecified atom stereocenters. The van der Waals surface area contributed by atoms with Crippen molar-refractivity contribution < 1.29 is 14.6 Å². The quantitative estimate of drug-likeness (QED) is 0.809. The normalized spacial score (nSPS) is 15.0. The van der Waals surface area contributed by atoms with Gasteiger partial charge in [0.05, 0.1) is 6.10 Å². The van der Waals surface area contributed by atoms with Crippen molar-refractivity contribution in [1.29, 1.82) is 0 Å². The van der Waals surface area contributed by atoms with Crippen LogP contribution in [0.3, 0.4) is 0 Å². The topological polar surface area (TPSA) is 40.5 Å². The third kappa shape index (κ3) is 3.31. The highest BCUT2D eigenvalue weighted by atomic mass is 35.5. The first-order valence-corrected chi connectivity index (χ1v) is 5.34. The predicted octanol–water partition coefficient (Wildman–Crippen LogP) is 2.50. The molecule has 2 atom stereocenters. The van der Waals surface area contributed by atoms with E-state index in [1.165, 1.54) is 12.1 Å². The first-order valence-electron chi connectivity index (χ1n) is 4.43. The first kappa shape index (κ1) is 12.7. The Morgan fingerprint density at radius 3 is 2.53 bits per heavy atom. The van der Waals surface area contributed by atoms with Crippen LogP contribution in [-0.2, 0) is 0 Å². The number of aliphatic hydroxyl groups excluding tert-OH is 2. The van der Waals surface area contributed by atoms with E-state index >= 15 is 0 Å². The maximum absolute atomic E-state index is 12.7. The summed E-state index contributed by atoms with van der Waals surface area (Å²) in [6.45, 7) is 0. The highest BCUT2D eigenvalue weighted by Gasteiger charge is 2.20. The van der Waals surface area contributed by atoms with Crippen LogP contribution in [-0.4, -0.2) is 22.2 Å². The van der Waals surface area contributed by atoms with Gasteiger partial charge < -0.3 is 10.2 Å². The second-order valence-electron chi connectivity index (χ2n) is 3.16. The number of hydrogen-bond acceptors (Lipinski definition) is 2. The van der Waals surface area contributed by atoms with Crippen molar-refractivity contribution in [2.24, 2.45) is 0 Å². The average Bonchev–Trinajstić information content (AvgIpc) is 2.17. The molecule has 0 saturated heterocycles. The van der Waals surface area contributed by atoms with Crippen LogP contribution in [0.4, 0.5) is 4.39 Å². The van der Waals surface area contributed by atoms with Crippen LogP contribution in [0.1, 0.15) is 18.1 Å². The van der Waals surface area contributed by atoms with E-state index in [1.807, 2.05) is 0 Å². The lowest BCUT2D eigenvalue weighted by Crippen LogP contribution is -2.19. The number of aliphatic hydroxyl groups is 2. The molecule has 2 N–H and O–H groups in total. The Kier molecular flexibility index (Phi) is 4.80. The highest BCUT2D eigenvalue weighted by molar-refractivity contribution is 6.31. The molecule has 0 heterocycles. The average molecular weight is 253 g/mol. The van der Waals surface area contributed by atoms with Crippen molar-refractivity contribution >= 4 is 23.2 Å². The third-order valence-electron chi connectivity index (χ3n) is 2.05. The lowest BCUT2D eigenvalue weighted by molar-refractivity contribution is 0.0170. The van der Waals surface area contributed by atoms with Crippen molar-refractivity contribution in [3.8, 4) is 0 Å². The van der Waals surface area contributed by atoms with Crippen LogP contribution >= 0.6 is 23.2 Å². The SMILES string of the molecule is OC(CCCl)C(O)c1ccc(F)cc1Cl. The standard InChI is InChI=1S/C10H11Cl2FO2/c11-4-3-9(14)10(15)7-2-1-6(13)5-8(7)12/h1-2,5,9-10,14-15H,3-4H2. The van der Waals surface area contributed by atoms with Gasteiger partial charge in [-0.25, -0.2) is 4.39 Å². The summed E-state index contributed by atoms with van der Waals surface area (Å²) in [5.41, 5.74) is 0.302. The molecule has 0 amide bonds. The van der Waals surface area contributed by atoms with E-state index < -0.39 is 18.0 Å². The maximum atomic E-state index is 12.7. The van der Waals surface area contributed by atoms with Gasteiger partial charge >= 0.3 is 0 Å². The minimum Gasteiger partial charge on any atom is -0.390 e. The van der Waals surface area contributed by atoms with Gasteiger partial charge in [0.15, 0.2) is 0 Å². The fourth-order valence-electron chi connectivity index (χ4n) is 1.22. The van der Waals surface area contributed by atoms with E-state index in [0.717, 1.165) is 6.07 Å². The molecule has 5 heteroatoms. The van der Waals surface area contributed by atoms with Crippen molar-refractivity contribution in [1.82, 2.24) is 0 Å². The summed E-state index contributed by atoms with van der Waals surface area (Å²) in [6, 6.07) is 3.62. The molecule has 15 heavy (non-hydrogen) atoms. The van der Waals surface area contributed by atoms with Gasteiger partial charge in [-0.05, 0) is 18.6 Å². The van der Waals surface area contributed by atoms with Crippen molar-refractivity contribution in [3.63, 3.8) is 0 Å². The number of benzene rings is 1. The second kappa shape index (κ2) is 5.66. The van der Waals surface area contributed by atoms with Crippen LogP contribution < -0.4 is 0 Å². The summed E-state index contributed by atoms with van der Waals surface area (Å²) in [5.74, 6) is -0.250. The molecule has 0 radical (unpaired) electrons. The van der Waals surface area contributed by atoms with Gasteiger partial charge in [0.2, 0.25) is 0 Å². The van der Waals surface area contributed by atoms with Gasteiger partial charge in [-0.15, -0.1) is 11.6 Å². The summed E-state index contributed by atoms with van der Waals surface area (Å²) in [7, 11) is 0. The Hall–Kier alpha value is -0.350. The molecule has 1 aromatic rings. The Balaban J connectivity index is 2.86. The van der Waals surface area contributed by atoms with Crippen LogP contribution in [0.2, 0.25) is 5.02 Å². The monoisotopic (exact) mass is 252 g/mol. The molecule has 0 aliphatic heterocycles. The zero-order valence-corrected chi connectivity index (χ0v) is 9.34. The molecule has 0 bridgehead atoms. The maximum Gasteiger partial charge on any atom is 0.124 e. The fraction of sp³-hybridized carbons (Fsp3) is 0.400. The number of halogens is 3. The van der Waals surface area contributed by atoms with Crippen molar-refractivity contribution in [2.75, 3.05) is 5.88 Å². The molecule has 0 aliphatic rings. The first-order chi connectivity index (χ1) is 7.06. The summed E-state index contributed by atoms with van der Waals surface area (Å²) in [6.07, 6.45) is -1.89. The number of rotatable bonds is 4. The zero-order chi connectivity index (χ0) is 11.4. The summed E-state index contributed by atoms with van der Waals surface area (Å²) in [4.78, 5) is 0. The molecule has 1 rings (SSSR count). The minimum absolute atomic E-state index is 0.0936. The Bertz CT molecular complexity index is 333. The molecule has 0 spiro atoms. The number of alkyl halides is 1. The fourth-order valence-corrected chi connectivity index (χ4v) is 1.72. The lowest BCUT2D eigenvalue weighted by atomic mass is 10.0. The molecule has 2 nitrogen and oxygen atoms in total. The van der Waals surface area contributed by atoms with E-state index in [1.54, 1.807) is 0 Å². The molecule has 84 valence electrons. The summed E-state index contributed by atoms with van der Waals surface area (Å²) < 4.78 is 12.7. The zero-order valence-electron chi connectivity index (χ0n) is 7.83. The van der Waals surface area contributed by atoms with E-state index in [-0.39, 0.29) is 17.3 Å². The molecular weight excluding hydrogens is 242 g/mol. The van der Waals surface area contributed by atoms with Crippen molar-refractivity contribution in [2.45, 2.75) is 18.6 Å². The van der Waals surface area contributed by atoms with Crippen LogP contribution in [0.25, 0.3) is 0 Å². The highest BCUT2D eigenvalue weighted by Crippen LogP contribution is 2.27. The van der Waals surface area contributed by atoms with Gasteiger partial charge in [-0.2, -0.15) is 0 Å². The van der Waals surface area contributed by atoms with Crippen LogP contribution in [0, 0.1) is 5.82 Å². The third-order valence-corrected chi connectivity index (χ3v) is 2.60. The Labute approximate surface area is 97.3 Å². The minimum atomic E-state index is -1.14. The van der Waals surface area contributed by atoms with Gasteiger partial charge in [-0.1, -0.05) is 17.7 Å². The molecule has 0 aromatic heterocycles. The smallest absolute Gasteiger partial charge is 0.124 e. The molecule has 1 aromatic carbocycles. The van der Waals surface area contributed by atoms with E-state index in [4.69, 9.17) is 23.2 Å². The van der Waals surface area contributed by atoms with E-state index in [0.29, 0.717) is 5.56 Å². The van der Waals surface area contributed by atoms with Gasteiger partial charge in [0.25, 0.3) is 0 Å². The van der Waals surface area contributed by atoms with Gasteiger partial charge in [0.1, 0.15) is 11.9 Å². The van der Waals surface area contributed by atoms with Crippen molar-refractivity contribution in [3.05, 3.63) is 34.6 Å². The Morgan fingerprint density at radius 1 is 1.33 bits per heavy atom. The predicted molar refractivity (Wildman–Crippen MR) is 57.7 cm³/mol. The van der Waals surface area contributed by atoms with E-state index in [9.17, 15) is 14.6 Å².